The Kier molecular flexibility index (Phi) is 4.60. The van der Waals surface area contributed by atoms with E-state index >= 15 is 0 Å². The zero-order chi connectivity index (χ0) is 14.7. The van der Waals surface area contributed by atoms with Gasteiger partial charge in [0.15, 0.2) is 10.5 Å². The Hall–Kier alpha value is -1.34. The zero-order valence-corrected chi connectivity index (χ0v) is 13.7. The molecule has 1 fully saturated rings. The Labute approximate surface area is 132 Å². The van der Waals surface area contributed by atoms with Gasteiger partial charge in [-0.2, -0.15) is 4.98 Å². The van der Waals surface area contributed by atoms with Gasteiger partial charge in [0.25, 0.3) is 0 Å². The number of halogens is 1. The molecule has 1 saturated heterocycles. The summed E-state index contributed by atoms with van der Waals surface area (Å²) in [6.45, 7) is 6.34. The van der Waals surface area contributed by atoms with Gasteiger partial charge in [0.2, 0.25) is 5.95 Å². The Balaban J connectivity index is 1.62. The number of anilines is 1. The molecule has 7 heteroatoms. The maximum absolute atomic E-state index is 5.23. The van der Waals surface area contributed by atoms with Gasteiger partial charge in [0, 0.05) is 13.1 Å². The lowest BCUT2D eigenvalue weighted by molar-refractivity contribution is 0.384. The SMILES string of the molecule is CCNCC1CCN(c2n[nH]c(-c3ccoc3Br)n2)CC1. The molecule has 0 saturated carbocycles. The third-order valence-corrected chi connectivity index (χ3v) is 4.54. The molecule has 0 atom stereocenters. The molecular weight excluding hydrogens is 334 g/mol. The van der Waals surface area contributed by atoms with Gasteiger partial charge in [-0.3, -0.25) is 5.10 Å². The third kappa shape index (κ3) is 3.29. The molecule has 3 heterocycles. The number of rotatable bonds is 5. The van der Waals surface area contributed by atoms with E-state index < -0.39 is 0 Å². The first kappa shape index (κ1) is 14.6. The molecule has 114 valence electrons. The summed E-state index contributed by atoms with van der Waals surface area (Å²) >= 11 is 3.37. The van der Waals surface area contributed by atoms with Gasteiger partial charge in [-0.1, -0.05) is 6.92 Å². The van der Waals surface area contributed by atoms with Crippen LogP contribution in [0.15, 0.2) is 21.4 Å². The molecule has 2 aromatic rings. The fourth-order valence-electron chi connectivity index (χ4n) is 2.66. The highest BCUT2D eigenvalue weighted by atomic mass is 79.9. The highest BCUT2D eigenvalue weighted by molar-refractivity contribution is 9.10. The summed E-state index contributed by atoms with van der Waals surface area (Å²) in [7, 11) is 0. The van der Waals surface area contributed by atoms with Crippen LogP contribution in [0.1, 0.15) is 19.8 Å². The molecule has 3 rings (SSSR count). The second kappa shape index (κ2) is 6.62. The van der Waals surface area contributed by atoms with E-state index in [9.17, 15) is 0 Å². The molecule has 21 heavy (non-hydrogen) atoms. The van der Waals surface area contributed by atoms with E-state index in [1.165, 1.54) is 12.8 Å². The number of piperidine rings is 1. The fraction of sp³-hybridized carbons (Fsp3) is 0.571. The maximum atomic E-state index is 5.23. The van der Waals surface area contributed by atoms with Gasteiger partial charge >= 0.3 is 0 Å². The van der Waals surface area contributed by atoms with E-state index in [1.807, 2.05) is 6.07 Å². The van der Waals surface area contributed by atoms with Gasteiger partial charge in [0.05, 0.1) is 11.8 Å². The molecule has 0 aliphatic carbocycles. The molecule has 1 aliphatic heterocycles. The maximum Gasteiger partial charge on any atom is 0.245 e. The first-order valence-corrected chi connectivity index (χ1v) is 8.18. The monoisotopic (exact) mass is 353 g/mol. The smallest absolute Gasteiger partial charge is 0.245 e. The minimum absolute atomic E-state index is 0.676. The predicted molar refractivity (Wildman–Crippen MR) is 85.3 cm³/mol. The molecule has 2 aromatic heterocycles. The lowest BCUT2D eigenvalue weighted by Gasteiger charge is -2.31. The van der Waals surface area contributed by atoms with Crippen molar-refractivity contribution < 1.29 is 4.42 Å². The summed E-state index contributed by atoms with van der Waals surface area (Å²) in [5.41, 5.74) is 0.899. The van der Waals surface area contributed by atoms with Crippen LogP contribution in [0.3, 0.4) is 0 Å². The lowest BCUT2D eigenvalue weighted by Crippen LogP contribution is -2.37. The van der Waals surface area contributed by atoms with Crippen molar-refractivity contribution in [3.05, 3.63) is 17.0 Å². The summed E-state index contributed by atoms with van der Waals surface area (Å²) in [5, 5.41) is 10.8. The summed E-state index contributed by atoms with van der Waals surface area (Å²) in [6, 6.07) is 1.87. The molecule has 0 amide bonds. The summed E-state index contributed by atoms with van der Waals surface area (Å²) in [6.07, 6.45) is 4.01. The van der Waals surface area contributed by atoms with E-state index in [4.69, 9.17) is 4.42 Å². The Morgan fingerprint density at radius 3 is 2.95 bits per heavy atom. The number of aromatic nitrogens is 3. The second-order valence-electron chi connectivity index (χ2n) is 5.33. The average molecular weight is 354 g/mol. The van der Waals surface area contributed by atoms with Crippen LogP contribution in [-0.2, 0) is 0 Å². The molecule has 2 N–H and O–H groups in total. The van der Waals surface area contributed by atoms with Crippen LogP contribution in [0.4, 0.5) is 5.95 Å². The molecule has 6 nitrogen and oxygen atoms in total. The van der Waals surface area contributed by atoms with E-state index in [-0.39, 0.29) is 0 Å². The van der Waals surface area contributed by atoms with Crippen LogP contribution in [0.5, 0.6) is 0 Å². The number of furan rings is 1. The topological polar surface area (TPSA) is 70.0 Å². The first-order valence-electron chi connectivity index (χ1n) is 7.39. The quantitative estimate of drug-likeness (QED) is 0.864. The predicted octanol–water partition coefficient (Wildman–Crippen LogP) is 2.65. The molecular formula is C14H20BrN5O. The summed E-state index contributed by atoms with van der Waals surface area (Å²) < 4.78 is 5.91. The number of aromatic amines is 1. The molecule has 0 spiro atoms. The molecule has 0 unspecified atom stereocenters. The van der Waals surface area contributed by atoms with Crippen LogP contribution < -0.4 is 10.2 Å². The first-order chi connectivity index (χ1) is 10.3. The summed E-state index contributed by atoms with van der Waals surface area (Å²) in [5.74, 6) is 2.28. The summed E-state index contributed by atoms with van der Waals surface area (Å²) in [4.78, 5) is 6.82. The number of hydrogen-bond acceptors (Lipinski definition) is 5. The zero-order valence-electron chi connectivity index (χ0n) is 12.1. The molecule has 1 aliphatic rings. The van der Waals surface area contributed by atoms with Gasteiger partial charge in [0.1, 0.15) is 0 Å². The minimum atomic E-state index is 0.676. The van der Waals surface area contributed by atoms with Crippen LogP contribution in [0, 0.1) is 5.92 Å². The third-order valence-electron chi connectivity index (χ3n) is 3.93. The van der Waals surface area contributed by atoms with Crippen molar-refractivity contribution in [2.45, 2.75) is 19.8 Å². The van der Waals surface area contributed by atoms with Gasteiger partial charge in [-0.05, 0) is 53.8 Å². The van der Waals surface area contributed by atoms with Crippen molar-refractivity contribution >= 4 is 21.9 Å². The molecule has 0 radical (unpaired) electrons. The molecule has 0 bridgehead atoms. The minimum Gasteiger partial charge on any atom is -0.457 e. The van der Waals surface area contributed by atoms with Crippen molar-refractivity contribution in [2.24, 2.45) is 5.92 Å². The number of H-pyrrole nitrogens is 1. The van der Waals surface area contributed by atoms with Crippen LogP contribution in [0.2, 0.25) is 0 Å². The van der Waals surface area contributed by atoms with Gasteiger partial charge in [-0.25, -0.2) is 0 Å². The van der Waals surface area contributed by atoms with E-state index in [0.717, 1.165) is 49.4 Å². The van der Waals surface area contributed by atoms with Gasteiger partial charge < -0.3 is 14.6 Å². The highest BCUT2D eigenvalue weighted by Crippen LogP contribution is 2.28. The van der Waals surface area contributed by atoms with Crippen molar-refractivity contribution in [3.63, 3.8) is 0 Å². The van der Waals surface area contributed by atoms with Crippen molar-refractivity contribution in [3.8, 4) is 11.4 Å². The van der Waals surface area contributed by atoms with E-state index in [0.29, 0.717) is 4.67 Å². The highest BCUT2D eigenvalue weighted by Gasteiger charge is 2.22. The number of nitrogens with zero attached hydrogens (tertiary/aromatic N) is 3. The average Bonchev–Trinajstić information content (AvgIpc) is 3.14. The van der Waals surface area contributed by atoms with Crippen LogP contribution in [0.25, 0.3) is 11.4 Å². The fourth-order valence-corrected chi connectivity index (χ4v) is 3.09. The van der Waals surface area contributed by atoms with E-state index in [2.05, 4.69) is 48.3 Å². The van der Waals surface area contributed by atoms with Crippen LogP contribution >= 0.6 is 15.9 Å². The van der Waals surface area contributed by atoms with Crippen LogP contribution in [-0.4, -0.2) is 41.4 Å². The second-order valence-corrected chi connectivity index (χ2v) is 6.05. The van der Waals surface area contributed by atoms with Crippen molar-refractivity contribution in [1.82, 2.24) is 20.5 Å². The number of nitrogens with one attached hydrogen (secondary N) is 2. The largest absolute Gasteiger partial charge is 0.457 e. The Bertz CT molecular complexity index is 573. The molecule has 0 aromatic carbocycles. The van der Waals surface area contributed by atoms with Crippen molar-refractivity contribution in [1.29, 1.82) is 0 Å². The number of hydrogen-bond donors (Lipinski definition) is 2. The standard InChI is InChI=1S/C14H20BrN5O/c1-2-16-9-10-3-6-20(7-4-10)14-17-13(18-19-14)11-5-8-21-12(11)15/h5,8,10,16H,2-4,6-7,9H2,1H3,(H,17,18,19). The van der Waals surface area contributed by atoms with Gasteiger partial charge in [-0.15, -0.1) is 5.10 Å². The van der Waals surface area contributed by atoms with E-state index in [1.54, 1.807) is 6.26 Å². The Morgan fingerprint density at radius 2 is 2.29 bits per heavy atom. The van der Waals surface area contributed by atoms with Crippen molar-refractivity contribution in [2.75, 3.05) is 31.1 Å². The Morgan fingerprint density at radius 1 is 1.48 bits per heavy atom. The lowest BCUT2D eigenvalue weighted by atomic mass is 9.97. The normalized spacial score (nSPS) is 16.6.